The normalized spacial score (nSPS) is 22.7. The maximum Gasteiger partial charge on any atom is 0.249 e. The highest BCUT2D eigenvalue weighted by atomic mass is 16.7. The Balaban J connectivity index is 2.50. The molecule has 9 atom stereocenters. The van der Waals surface area contributed by atoms with Gasteiger partial charge in [-0.1, -0.05) is 161 Å². The maximum atomic E-state index is 13.0. The molecule has 1 amide bonds. The number of unbranched alkanes of at least 4 members (excludes halogenated alkanes) is 22. The van der Waals surface area contributed by atoms with E-state index in [0.29, 0.717) is 12.8 Å². The number of allylic oxidation sites excluding steroid dienone is 2. The van der Waals surface area contributed by atoms with Gasteiger partial charge in [0.25, 0.3) is 0 Å². The summed E-state index contributed by atoms with van der Waals surface area (Å²) in [5.74, 6) is -0.705. The Morgan fingerprint density at radius 3 is 1.57 bits per heavy atom. The largest absolute Gasteiger partial charge is 0.394 e. The summed E-state index contributed by atoms with van der Waals surface area (Å²) in [6.07, 6.45) is 22.6. The highest BCUT2D eigenvalue weighted by Gasteiger charge is 2.44. The van der Waals surface area contributed by atoms with Gasteiger partial charge in [-0.2, -0.15) is 0 Å². The molecule has 0 radical (unpaired) electrons. The molecule has 0 aromatic rings. The van der Waals surface area contributed by atoms with Crippen molar-refractivity contribution in [3.63, 3.8) is 0 Å². The first-order valence-electron chi connectivity index (χ1n) is 22.1. The number of amides is 1. The van der Waals surface area contributed by atoms with Crippen molar-refractivity contribution in [3.8, 4) is 0 Å². The standard InChI is InChI=1S/C43H83NO10/c1-3-5-7-9-11-13-15-16-17-18-19-21-22-24-26-28-30-35(46)38(48)34(33-53-43-41(51)40(50)39(49)37(32-45)54-43)44-42(52)36(47)31-29-27-25-23-20-14-12-10-8-6-4-2/h21-22,34-41,43,45-51H,3-20,23-33H2,1-2H3,(H,44,52). The molecule has 320 valence electrons. The van der Waals surface area contributed by atoms with E-state index in [2.05, 4.69) is 31.3 Å². The van der Waals surface area contributed by atoms with Gasteiger partial charge in [0.15, 0.2) is 6.29 Å². The number of carbonyl (C=O) groups excluding carboxylic acids is 1. The molecule has 0 spiro atoms. The zero-order valence-electron chi connectivity index (χ0n) is 34.2. The van der Waals surface area contributed by atoms with Crippen LogP contribution in [0.2, 0.25) is 0 Å². The van der Waals surface area contributed by atoms with E-state index >= 15 is 0 Å². The molecular formula is C43H83NO10. The molecule has 0 aromatic carbocycles. The number of hydrogen-bond acceptors (Lipinski definition) is 10. The summed E-state index contributed by atoms with van der Waals surface area (Å²) in [4.78, 5) is 13.0. The molecule has 8 N–H and O–H groups in total. The van der Waals surface area contributed by atoms with E-state index in [0.717, 1.165) is 38.5 Å². The molecule has 1 saturated heterocycles. The Morgan fingerprint density at radius 2 is 1.07 bits per heavy atom. The van der Waals surface area contributed by atoms with E-state index in [1.807, 2.05) is 0 Å². The van der Waals surface area contributed by atoms with Crippen LogP contribution in [-0.4, -0.2) is 110 Å². The molecule has 9 unspecified atom stereocenters. The zero-order chi connectivity index (χ0) is 39.8. The second-order valence-corrected chi connectivity index (χ2v) is 15.8. The lowest BCUT2D eigenvalue weighted by molar-refractivity contribution is -0.303. The van der Waals surface area contributed by atoms with Gasteiger partial charge in [0.1, 0.15) is 36.6 Å². The first kappa shape index (κ1) is 50.9. The summed E-state index contributed by atoms with van der Waals surface area (Å²) in [5.41, 5.74) is 0. The predicted octanol–water partition coefficient (Wildman–Crippen LogP) is 6.50. The fourth-order valence-corrected chi connectivity index (χ4v) is 7.08. The Hall–Kier alpha value is -1.15. The Kier molecular flexibility index (Phi) is 32.0. The van der Waals surface area contributed by atoms with Crippen LogP contribution in [-0.2, 0) is 14.3 Å². The molecule has 1 heterocycles. The topological polar surface area (TPSA) is 189 Å². The number of nitrogens with one attached hydrogen (secondary N) is 1. The second-order valence-electron chi connectivity index (χ2n) is 15.8. The fourth-order valence-electron chi connectivity index (χ4n) is 7.08. The van der Waals surface area contributed by atoms with Crippen molar-refractivity contribution >= 4 is 5.91 Å². The number of ether oxygens (including phenoxy) is 2. The average molecular weight is 774 g/mol. The summed E-state index contributed by atoms with van der Waals surface area (Å²) in [6.45, 7) is 3.40. The zero-order valence-corrected chi connectivity index (χ0v) is 34.2. The molecule has 11 nitrogen and oxygen atoms in total. The van der Waals surface area contributed by atoms with Crippen LogP contribution >= 0.6 is 0 Å². The van der Waals surface area contributed by atoms with Crippen LogP contribution in [0.4, 0.5) is 0 Å². The fraction of sp³-hybridized carbons (Fsp3) is 0.930. The van der Waals surface area contributed by atoms with E-state index in [1.165, 1.54) is 109 Å². The van der Waals surface area contributed by atoms with Crippen molar-refractivity contribution in [2.45, 2.75) is 242 Å². The summed E-state index contributed by atoms with van der Waals surface area (Å²) >= 11 is 0. The highest BCUT2D eigenvalue weighted by molar-refractivity contribution is 5.80. The average Bonchev–Trinajstić information content (AvgIpc) is 3.17. The molecule has 0 bridgehead atoms. The van der Waals surface area contributed by atoms with Crippen LogP contribution in [0.5, 0.6) is 0 Å². The van der Waals surface area contributed by atoms with E-state index in [4.69, 9.17) is 9.47 Å². The van der Waals surface area contributed by atoms with Crippen LogP contribution in [0.1, 0.15) is 187 Å². The van der Waals surface area contributed by atoms with Crippen molar-refractivity contribution in [2.75, 3.05) is 13.2 Å². The van der Waals surface area contributed by atoms with Crippen LogP contribution in [0.3, 0.4) is 0 Å². The van der Waals surface area contributed by atoms with E-state index in [9.17, 15) is 40.5 Å². The van der Waals surface area contributed by atoms with E-state index in [1.54, 1.807) is 0 Å². The molecule has 1 rings (SSSR count). The number of carbonyl (C=O) groups is 1. The summed E-state index contributed by atoms with van der Waals surface area (Å²) < 4.78 is 11.1. The first-order chi connectivity index (χ1) is 26.2. The Labute approximate surface area is 328 Å². The van der Waals surface area contributed by atoms with Gasteiger partial charge in [-0.15, -0.1) is 0 Å². The minimum absolute atomic E-state index is 0.258. The molecule has 1 aliphatic rings. The molecule has 54 heavy (non-hydrogen) atoms. The third-order valence-electron chi connectivity index (χ3n) is 10.8. The minimum atomic E-state index is -1.66. The van der Waals surface area contributed by atoms with Gasteiger partial charge in [-0.25, -0.2) is 0 Å². The van der Waals surface area contributed by atoms with Gasteiger partial charge in [0, 0.05) is 0 Å². The third kappa shape index (κ3) is 23.8. The van der Waals surface area contributed by atoms with Gasteiger partial charge < -0.3 is 50.5 Å². The summed E-state index contributed by atoms with van der Waals surface area (Å²) in [7, 11) is 0. The van der Waals surface area contributed by atoms with Crippen LogP contribution in [0, 0.1) is 0 Å². The Bertz CT molecular complexity index is 892. The molecular weight excluding hydrogens is 690 g/mol. The number of aliphatic hydroxyl groups is 7. The predicted molar refractivity (Wildman–Crippen MR) is 215 cm³/mol. The lowest BCUT2D eigenvalue weighted by Gasteiger charge is -2.40. The lowest BCUT2D eigenvalue weighted by atomic mass is 9.98. The van der Waals surface area contributed by atoms with Crippen LogP contribution < -0.4 is 5.32 Å². The van der Waals surface area contributed by atoms with Crippen molar-refractivity contribution in [1.29, 1.82) is 0 Å². The minimum Gasteiger partial charge on any atom is -0.394 e. The Morgan fingerprint density at radius 1 is 0.630 bits per heavy atom. The van der Waals surface area contributed by atoms with Crippen molar-refractivity contribution in [3.05, 3.63) is 12.2 Å². The molecule has 1 aliphatic heterocycles. The first-order valence-corrected chi connectivity index (χ1v) is 22.1. The molecule has 11 heteroatoms. The van der Waals surface area contributed by atoms with Gasteiger partial charge in [0.05, 0.1) is 25.4 Å². The molecule has 0 aliphatic carbocycles. The number of hydrogen-bond donors (Lipinski definition) is 8. The molecule has 0 aromatic heterocycles. The van der Waals surface area contributed by atoms with Crippen molar-refractivity contribution < 1.29 is 50.0 Å². The van der Waals surface area contributed by atoms with E-state index in [-0.39, 0.29) is 12.8 Å². The highest BCUT2D eigenvalue weighted by Crippen LogP contribution is 2.23. The van der Waals surface area contributed by atoms with Gasteiger partial charge in [-0.05, 0) is 38.5 Å². The van der Waals surface area contributed by atoms with Gasteiger partial charge in [0.2, 0.25) is 5.91 Å². The maximum absolute atomic E-state index is 13.0. The van der Waals surface area contributed by atoms with Gasteiger partial charge >= 0.3 is 0 Å². The van der Waals surface area contributed by atoms with Crippen LogP contribution in [0.15, 0.2) is 12.2 Å². The molecule has 1 fully saturated rings. The van der Waals surface area contributed by atoms with Crippen LogP contribution in [0.25, 0.3) is 0 Å². The number of aliphatic hydroxyl groups excluding tert-OH is 7. The van der Waals surface area contributed by atoms with Gasteiger partial charge in [-0.3, -0.25) is 4.79 Å². The molecule has 0 saturated carbocycles. The van der Waals surface area contributed by atoms with E-state index < -0.39 is 74.2 Å². The second kappa shape index (κ2) is 33.9. The quantitative estimate of drug-likeness (QED) is 0.0258. The van der Waals surface area contributed by atoms with Crippen molar-refractivity contribution in [2.24, 2.45) is 0 Å². The third-order valence-corrected chi connectivity index (χ3v) is 10.8. The SMILES string of the molecule is CCCCCCCCCCCCC=CCCCCC(O)C(O)C(COC1OC(CO)C(O)C(O)C1O)NC(=O)C(O)CCCCCCCCCCCCC. The smallest absolute Gasteiger partial charge is 0.249 e. The number of rotatable bonds is 36. The van der Waals surface area contributed by atoms with Crippen molar-refractivity contribution in [1.82, 2.24) is 5.32 Å². The monoisotopic (exact) mass is 774 g/mol. The summed E-state index contributed by atoms with van der Waals surface area (Å²) in [6, 6.07) is -1.17. The summed E-state index contributed by atoms with van der Waals surface area (Å²) in [5, 5.41) is 75.4. The lowest BCUT2D eigenvalue weighted by Crippen LogP contribution is -2.60.